The van der Waals surface area contributed by atoms with Gasteiger partial charge in [-0.05, 0) is 32.8 Å². The fraction of sp³-hybridized carbons (Fsp3) is 0.625. The zero-order valence-electron chi connectivity index (χ0n) is 12.1. The minimum Gasteiger partial charge on any atom is -0.494 e. The lowest BCUT2D eigenvalue weighted by Gasteiger charge is -2.40. The minimum absolute atomic E-state index is 0.512. The average molecular weight is 262 g/mol. The third-order valence-electron chi connectivity index (χ3n) is 4.09. The molecule has 0 aliphatic carbocycles. The van der Waals surface area contributed by atoms with E-state index >= 15 is 0 Å². The van der Waals surface area contributed by atoms with Gasteiger partial charge in [0, 0.05) is 30.7 Å². The van der Waals surface area contributed by atoms with Gasteiger partial charge in [0.2, 0.25) is 0 Å². The maximum atomic E-state index is 5.93. The SMILES string of the molecule is CCOc1ccccc1CN1C(C)CCCC1CN. The van der Waals surface area contributed by atoms with Crippen molar-refractivity contribution in [3.05, 3.63) is 29.8 Å². The van der Waals surface area contributed by atoms with Crippen LogP contribution in [0, 0.1) is 0 Å². The molecule has 0 bridgehead atoms. The second-order valence-electron chi connectivity index (χ2n) is 5.38. The number of ether oxygens (including phenoxy) is 1. The van der Waals surface area contributed by atoms with E-state index in [1.165, 1.54) is 24.8 Å². The van der Waals surface area contributed by atoms with Crippen LogP contribution in [0.15, 0.2) is 24.3 Å². The molecule has 1 saturated heterocycles. The van der Waals surface area contributed by atoms with Crippen molar-refractivity contribution in [1.82, 2.24) is 4.90 Å². The van der Waals surface area contributed by atoms with E-state index in [2.05, 4.69) is 30.0 Å². The van der Waals surface area contributed by atoms with Crippen molar-refractivity contribution in [2.45, 2.75) is 51.7 Å². The van der Waals surface area contributed by atoms with Gasteiger partial charge in [0.15, 0.2) is 0 Å². The van der Waals surface area contributed by atoms with Crippen LogP contribution < -0.4 is 10.5 Å². The van der Waals surface area contributed by atoms with Crippen LogP contribution in [0.3, 0.4) is 0 Å². The van der Waals surface area contributed by atoms with Crippen LogP contribution in [0.1, 0.15) is 38.7 Å². The molecule has 1 fully saturated rings. The van der Waals surface area contributed by atoms with Crippen LogP contribution in [-0.4, -0.2) is 30.1 Å². The Labute approximate surface area is 116 Å². The predicted molar refractivity (Wildman–Crippen MR) is 79.3 cm³/mol. The number of rotatable bonds is 5. The number of hydrogen-bond acceptors (Lipinski definition) is 3. The van der Waals surface area contributed by atoms with Gasteiger partial charge in [-0.1, -0.05) is 24.6 Å². The Bertz CT molecular complexity index is 394. The molecule has 2 atom stereocenters. The van der Waals surface area contributed by atoms with Crippen LogP contribution in [0.5, 0.6) is 5.75 Å². The lowest BCUT2D eigenvalue weighted by Crippen LogP contribution is -2.48. The van der Waals surface area contributed by atoms with Gasteiger partial charge >= 0.3 is 0 Å². The second kappa shape index (κ2) is 6.92. The van der Waals surface area contributed by atoms with E-state index in [0.29, 0.717) is 18.7 Å². The molecule has 106 valence electrons. The Hall–Kier alpha value is -1.06. The lowest BCUT2D eigenvalue weighted by atomic mass is 9.95. The largest absolute Gasteiger partial charge is 0.494 e. The molecule has 0 radical (unpaired) electrons. The first-order valence-corrected chi connectivity index (χ1v) is 7.42. The van der Waals surface area contributed by atoms with Crippen LogP contribution in [0.4, 0.5) is 0 Å². The van der Waals surface area contributed by atoms with Crippen molar-refractivity contribution in [3.8, 4) is 5.75 Å². The maximum absolute atomic E-state index is 5.93. The molecule has 2 N–H and O–H groups in total. The molecule has 19 heavy (non-hydrogen) atoms. The third kappa shape index (κ3) is 3.48. The highest BCUT2D eigenvalue weighted by molar-refractivity contribution is 5.33. The first-order chi connectivity index (χ1) is 9.26. The van der Waals surface area contributed by atoms with Crippen molar-refractivity contribution in [2.24, 2.45) is 5.73 Å². The van der Waals surface area contributed by atoms with Gasteiger partial charge in [0.1, 0.15) is 5.75 Å². The smallest absolute Gasteiger partial charge is 0.123 e. The molecule has 3 heteroatoms. The van der Waals surface area contributed by atoms with E-state index in [9.17, 15) is 0 Å². The number of likely N-dealkylation sites (tertiary alicyclic amines) is 1. The van der Waals surface area contributed by atoms with Crippen molar-refractivity contribution >= 4 is 0 Å². The molecule has 1 aromatic carbocycles. The topological polar surface area (TPSA) is 38.5 Å². The first kappa shape index (κ1) is 14.4. The van der Waals surface area contributed by atoms with Crippen molar-refractivity contribution in [3.63, 3.8) is 0 Å². The number of piperidine rings is 1. The Morgan fingerprint density at radius 1 is 1.32 bits per heavy atom. The van der Waals surface area contributed by atoms with E-state index in [1.54, 1.807) is 0 Å². The molecule has 1 heterocycles. The van der Waals surface area contributed by atoms with Crippen LogP contribution in [0.25, 0.3) is 0 Å². The monoisotopic (exact) mass is 262 g/mol. The van der Waals surface area contributed by atoms with E-state index in [0.717, 1.165) is 18.8 Å². The highest BCUT2D eigenvalue weighted by Crippen LogP contribution is 2.27. The molecular formula is C16H26N2O. The molecule has 1 aromatic rings. The minimum atomic E-state index is 0.512. The summed E-state index contributed by atoms with van der Waals surface area (Å²) < 4.78 is 5.72. The summed E-state index contributed by atoms with van der Waals surface area (Å²) in [5, 5.41) is 0. The molecule has 2 rings (SSSR count). The zero-order chi connectivity index (χ0) is 13.7. The Morgan fingerprint density at radius 3 is 2.84 bits per heavy atom. The summed E-state index contributed by atoms with van der Waals surface area (Å²) in [6, 6.07) is 9.47. The number of benzene rings is 1. The van der Waals surface area contributed by atoms with Gasteiger partial charge in [0.25, 0.3) is 0 Å². The highest BCUT2D eigenvalue weighted by atomic mass is 16.5. The third-order valence-corrected chi connectivity index (χ3v) is 4.09. The molecule has 1 aliphatic heterocycles. The quantitative estimate of drug-likeness (QED) is 0.887. The number of hydrogen-bond donors (Lipinski definition) is 1. The van der Waals surface area contributed by atoms with Gasteiger partial charge in [-0.2, -0.15) is 0 Å². The van der Waals surface area contributed by atoms with E-state index in [1.807, 2.05) is 13.0 Å². The standard InChI is InChI=1S/C16H26N2O/c1-3-19-16-10-5-4-8-14(16)12-18-13(2)7-6-9-15(18)11-17/h4-5,8,10,13,15H,3,6-7,9,11-12,17H2,1-2H3. The Balaban J connectivity index is 2.14. The summed E-state index contributed by atoms with van der Waals surface area (Å²) in [4.78, 5) is 2.54. The van der Waals surface area contributed by atoms with Gasteiger partial charge < -0.3 is 10.5 Å². The molecular weight excluding hydrogens is 236 g/mol. The Kier molecular flexibility index (Phi) is 5.23. The highest BCUT2D eigenvalue weighted by Gasteiger charge is 2.27. The molecule has 0 saturated carbocycles. The second-order valence-corrected chi connectivity index (χ2v) is 5.38. The predicted octanol–water partition coefficient (Wildman–Crippen LogP) is 2.79. The fourth-order valence-corrected chi connectivity index (χ4v) is 3.01. The number of nitrogens with two attached hydrogens (primary N) is 1. The normalized spacial score (nSPS) is 24.4. The number of para-hydroxylation sites is 1. The molecule has 0 aromatic heterocycles. The van der Waals surface area contributed by atoms with Crippen molar-refractivity contribution < 1.29 is 4.74 Å². The van der Waals surface area contributed by atoms with Gasteiger partial charge in [-0.25, -0.2) is 0 Å². The summed E-state index contributed by atoms with van der Waals surface area (Å²) in [7, 11) is 0. The Morgan fingerprint density at radius 2 is 2.11 bits per heavy atom. The molecule has 2 unspecified atom stereocenters. The van der Waals surface area contributed by atoms with E-state index < -0.39 is 0 Å². The zero-order valence-corrected chi connectivity index (χ0v) is 12.1. The van der Waals surface area contributed by atoms with Gasteiger partial charge in [-0.15, -0.1) is 0 Å². The van der Waals surface area contributed by atoms with Gasteiger partial charge in [0.05, 0.1) is 6.61 Å². The first-order valence-electron chi connectivity index (χ1n) is 7.42. The van der Waals surface area contributed by atoms with Crippen LogP contribution >= 0.6 is 0 Å². The summed E-state index contributed by atoms with van der Waals surface area (Å²) in [5.41, 5.74) is 7.21. The molecule has 0 spiro atoms. The van der Waals surface area contributed by atoms with E-state index in [-0.39, 0.29) is 0 Å². The fourth-order valence-electron chi connectivity index (χ4n) is 3.01. The average Bonchev–Trinajstić information content (AvgIpc) is 2.43. The number of nitrogens with zero attached hydrogens (tertiary/aromatic N) is 1. The summed E-state index contributed by atoms with van der Waals surface area (Å²) >= 11 is 0. The van der Waals surface area contributed by atoms with Crippen LogP contribution in [-0.2, 0) is 6.54 Å². The lowest BCUT2D eigenvalue weighted by molar-refractivity contribution is 0.0881. The summed E-state index contributed by atoms with van der Waals surface area (Å²) in [6.07, 6.45) is 3.79. The van der Waals surface area contributed by atoms with E-state index in [4.69, 9.17) is 10.5 Å². The molecule has 1 aliphatic rings. The summed E-state index contributed by atoms with van der Waals surface area (Å²) in [5.74, 6) is 1.01. The summed E-state index contributed by atoms with van der Waals surface area (Å²) in [6.45, 7) is 6.75. The van der Waals surface area contributed by atoms with Gasteiger partial charge in [-0.3, -0.25) is 4.90 Å². The maximum Gasteiger partial charge on any atom is 0.123 e. The van der Waals surface area contributed by atoms with Crippen molar-refractivity contribution in [2.75, 3.05) is 13.2 Å². The molecule has 3 nitrogen and oxygen atoms in total. The van der Waals surface area contributed by atoms with Crippen molar-refractivity contribution in [1.29, 1.82) is 0 Å². The van der Waals surface area contributed by atoms with Crippen LogP contribution in [0.2, 0.25) is 0 Å². The molecule has 0 amide bonds.